The van der Waals surface area contributed by atoms with Gasteiger partial charge >= 0.3 is 0 Å². The molecule has 1 saturated heterocycles. The third kappa shape index (κ3) is 4.27. The fourth-order valence-corrected chi connectivity index (χ4v) is 5.68. The summed E-state index contributed by atoms with van der Waals surface area (Å²) in [6.45, 7) is 3.57. The lowest BCUT2D eigenvalue weighted by Crippen LogP contribution is -2.46. The lowest BCUT2D eigenvalue weighted by Gasteiger charge is -2.33. The molecule has 33 heavy (non-hydrogen) atoms. The molecule has 1 amide bonds. The van der Waals surface area contributed by atoms with E-state index in [0.717, 1.165) is 43.3 Å². The van der Waals surface area contributed by atoms with E-state index in [-0.39, 0.29) is 29.7 Å². The number of aliphatic hydroxyl groups excluding tert-OH is 1. The van der Waals surface area contributed by atoms with Gasteiger partial charge in [0.15, 0.2) is 0 Å². The molecular weight excluding hydrogens is 444 g/mol. The molecule has 0 spiro atoms. The Balaban J connectivity index is 1.40. The van der Waals surface area contributed by atoms with Gasteiger partial charge in [0.2, 0.25) is 5.91 Å². The van der Waals surface area contributed by atoms with Crippen molar-refractivity contribution in [3.8, 4) is 0 Å². The highest BCUT2D eigenvalue weighted by molar-refractivity contribution is 6.37. The van der Waals surface area contributed by atoms with Crippen molar-refractivity contribution >= 4 is 39.3 Å². The van der Waals surface area contributed by atoms with Crippen LogP contribution in [0.5, 0.6) is 0 Å². The molecule has 9 heteroatoms. The summed E-state index contributed by atoms with van der Waals surface area (Å²) in [5, 5.41) is 18.7. The Morgan fingerprint density at radius 1 is 1.24 bits per heavy atom. The minimum absolute atomic E-state index is 0.00243. The highest BCUT2D eigenvalue weighted by atomic mass is 35.5. The molecule has 2 N–H and O–H groups in total. The SMILES string of the molecule is Cc1onc2c1c(=O)n(C1CCCC(NC(=O)CN3CCC(O)CC3)C1)c1cccc(Cl)c21. The zero-order valence-electron chi connectivity index (χ0n) is 18.7. The molecule has 0 bridgehead atoms. The van der Waals surface area contributed by atoms with Crippen LogP contribution < -0.4 is 10.9 Å². The van der Waals surface area contributed by atoms with Crippen molar-refractivity contribution in [1.82, 2.24) is 19.9 Å². The number of nitrogens with one attached hydrogen (secondary N) is 1. The number of nitrogens with zero attached hydrogens (tertiary/aromatic N) is 3. The van der Waals surface area contributed by atoms with Crippen LogP contribution in [0.1, 0.15) is 50.3 Å². The van der Waals surface area contributed by atoms with Gasteiger partial charge in [0.1, 0.15) is 16.7 Å². The number of aliphatic hydroxyl groups is 1. The van der Waals surface area contributed by atoms with Gasteiger partial charge in [0, 0.05) is 30.6 Å². The smallest absolute Gasteiger partial charge is 0.264 e. The molecule has 1 aliphatic carbocycles. The van der Waals surface area contributed by atoms with E-state index in [1.54, 1.807) is 13.0 Å². The second-order valence-electron chi connectivity index (χ2n) is 9.36. The maximum atomic E-state index is 13.6. The average molecular weight is 473 g/mol. The number of likely N-dealkylation sites (tertiary alicyclic amines) is 1. The molecule has 2 atom stereocenters. The second kappa shape index (κ2) is 9.08. The molecule has 2 aliphatic rings. The van der Waals surface area contributed by atoms with Crippen LogP contribution in [0.25, 0.3) is 21.8 Å². The van der Waals surface area contributed by atoms with E-state index in [9.17, 15) is 14.7 Å². The maximum Gasteiger partial charge on any atom is 0.264 e. The lowest BCUT2D eigenvalue weighted by atomic mass is 9.90. The number of fused-ring (bicyclic) bond motifs is 3. The van der Waals surface area contributed by atoms with E-state index in [2.05, 4.69) is 15.4 Å². The van der Waals surface area contributed by atoms with E-state index in [1.807, 2.05) is 16.7 Å². The van der Waals surface area contributed by atoms with E-state index in [4.69, 9.17) is 16.1 Å². The summed E-state index contributed by atoms with van der Waals surface area (Å²) in [7, 11) is 0. The van der Waals surface area contributed by atoms with Crippen molar-refractivity contribution in [3.05, 3.63) is 39.3 Å². The van der Waals surface area contributed by atoms with Crippen molar-refractivity contribution in [2.24, 2.45) is 0 Å². The first-order valence-electron chi connectivity index (χ1n) is 11.7. The quantitative estimate of drug-likeness (QED) is 0.605. The molecular formula is C24H29ClN4O4. The van der Waals surface area contributed by atoms with Gasteiger partial charge in [-0.05, 0) is 57.6 Å². The van der Waals surface area contributed by atoms with Gasteiger partial charge in [0.05, 0.1) is 23.2 Å². The van der Waals surface area contributed by atoms with Gasteiger partial charge < -0.3 is 19.5 Å². The molecule has 5 rings (SSSR count). The largest absolute Gasteiger partial charge is 0.393 e. The molecule has 176 valence electrons. The highest BCUT2D eigenvalue weighted by Gasteiger charge is 2.29. The number of rotatable bonds is 4. The van der Waals surface area contributed by atoms with Crippen LogP contribution in [0, 0.1) is 6.92 Å². The third-order valence-electron chi connectivity index (χ3n) is 7.08. The Kier molecular flexibility index (Phi) is 6.16. The average Bonchev–Trinajstić information content (AvgIpc) is 3.17. The second-order valence-corrected chi connectivity index (χ2v) is 9.77. The molecule has 1 saturated carbocycles. The van der Waals surface area contributed by atoms with E-state index < -0.39 is 0 Å². The fraction of sp³-hybridized carbons (Fsp3) is 0.542. The van der Waals surface area contributed by atoms with Crippen LogP contribution >= 0.6 is 11.6 Å². The topological polar surface area (TPSA) is 101 Å². The Bertz CT molecular complexity index is 1240. The fourth-order valence-electron chi connectivity index (χ4n) is 5.42. The Labute approximate surface area is 196 Å². The van der Waals surface area contributed by atoms with Gasteiger partial charge in [-0.25, -0.2) is 0 Å². The molecule has 1 aliphatic heterocycles. The molecule has 2 unspecified atom stereocenters. The normalized spacial score (nSPS) is 22.8. The Hall–Kier alpha value is -2.42. The zero-order valence-corrected chi connectivity index (χ0v) is 19.5. The Morgan fingerprint density at radius 2 is 2.03 bits per heavy atom. The van der Waals surface area contributed by atoms with E-state index in [1.165, 1.54) is 0 Å². The number of aryl methyl sites for hydroxylation is 1. The van der Waals surface area contributed by atoms with Crippen LogP contribution in [0.3, 0.4) is 0 Å². The Morgan fingerprint density at radius 3 is 2.82 bits per heavy atom. The minimum Gasteiger partial charge on any atom is -0.393 e. The number of hydrogen-bond donors (Lipinski definition) is 2. The monoisotopic (exact) mass is 472 g/mol. The molecule has 3 aromatic rings. The van der Waals surface area contributed by atoms with Crippen LogP contribution in [0.2, 0.25) is 5.02 Å². The van der Waals surface area contributed by atoms with Gasteiger partial charge in [-0.15, -0.1) is 0 Å². The van der Waals surface area contributed by atoms with Crippen LogP contribution in [-0.4, -0.2) is 57.4 Å². The highest BCUT2D eigenvalue weighted by Crippen LogP contribution is 2.35. The van der Waals surface area contributed by atoms with Crippen LogP contribution in [0.15, 0.2) is 27.5 Å². The number of piperidine rings is 1. The summed E-state index contributed by atoms with van der Waals surface area (Å²) < 4.78 is 7.19. The summed E-state index contributed by atoms with van der Waals surface area (Å²) in [6.07, 6.45) is 4.51. The van der Waals surface area contributed by atoms with Crippen molar-refractivity contribution in [1.29, 1.82) is 0 Å². The number of carbonyl (C=O) groups excluding carboxylic acids is 1. The number of hydrogen-bond acceptors (Lipinski definition) is 6. The minimum atomic E-state index is -0.253. The summed E-state index contributed by atoms with van der Waals surface area (Å²) in [5.41, 5.74) is 1.13. The molecule has 0 radical (unpaired) electrons. The molecule has 8 nitrogen and oxygen atoms in total. The molecule has 2 aromatic heterocycles. The van der Waals surface area contributed by atoms with Crippen molar-refractivity contribution in [2.75, 3.05) is 19.6 Å². The number of pyridine rings is 1. The van der Waals surface area contributed by atoms with Gasteiger partial charge in [-0.1, -0.05) is 22.8 Å². The first kappa shape index (κ1) is 22.4. The number of benzene rings is 1. The number of amides is 1. The summed E-state index contributed by atoms with van der Waals surface area (Å²) >= 11 is 6.53. The number of carbonyl (C=O) groups is 1. The first-order chi connectivity index (χ1) is 15.9. The lowest BCUT2D eigenvalue weighted by molar-refractivity contribution is -0.123. The van der Waals surface area contributed by atoms with Gasteiger partial charge in [0.25, 0.3) is 5.56 Å². The number of halogens is 1. The summed E-state index contributed by atoms with van der Waals surface area (Å²) in [6, 6.07) is 5.50. The summed E-state index contributed by atoms with van der Waals surface area (Å²) in [5.74, 6) is 0.487. The van der Waals surface area contributed by atoms with Crippen LogP contribution in [-0.2, 0) is 4.79 Å². The first-order valence-corrected chi connectivity index (χ1v) is 12.1. The van der Waals surface area contributed by atoms with E-state index in [0.29, 0.717) is 47.5 Å². The van der Waals surface area contributed by atoms with E-state index >= 15 is 0 Å². The predicted octanol–water partition coefficient (Wildman–Crippen LogP) is 3.16. The van der Waals surface area contributed by atoms with Gasteiger partial charge in [-0.3, -0.25) is 14.5 Å². The third-order valence-corrected chi connectivity index (χ3v) is 7.40. The van der Waals surface area contributed by atoms with Crippen molar-refractivity contribution in [2.45, 2.75) is 63.6 Å². The number of aromatic nitrogens is 2. The zero-order chi connectivity index (χ0) is 23.1. The summed E-state index contributed by atoms with van der Waals surface area (Å²) in [4.78, 5) is 28.3. The van der Waals surface area contributed by atoms with Crippen molar-refractivity contribution in [3.63, 3.8) is 0 Å². The molecule has 3 heterocycles. The van der Waals surface area contributed by atoms with Gasteiger partial charge in [-0.2, -0.15) is 0 Å². The van der Waals surface area contributed by atoms with Crippen LogP contribution in [0.4, 0.5) is 0 Å². The van der Waals surface area contributed by atoms with Crippen molar-refractivity contribution < 1.29 is 14.4 Å². The standard InChI is InChI=1S/C24H29ClN4O4/c1-14-21-23(27-33-14)22-18(25)6-3-7-19(22)29(24(21)32)16-5-2-4-15(12-16)26-20(31)13-28-10-8-17(30)9-11-28/h3,6-7,15-17,30H,2,4-5,8-13H2,1H3,(H,26,31). The predicted molar refractivity (Wildman–Crippen MR) is 127 cm³/mol. The molecule has 2 fully saturated rings. The molecule has 1 aromatic carbocycles. The maximum absolute atomic E-state index is 13.6.